The minimum absolute atomic E-state index is 0.747. The van der Waals surface area contributed by atoms with Gasteiger partial charge in [0.05, 0.1) is 6.61 Å². The van der Waals surface area contributed by atoms with Gasteiger partial charge in [-0.1, -0.05) is 6.07 Å². The minimum atomic E-state index is 0.747. The van der Waals surface area contributed by atoms with Gasteiger partial charge in [-0.15, -0.1) is 0 Å². The quantitative estimate of drug-likeness (QED) is 0.788. The lowest BCUT2D eigenvalue weighted by atomic mass is 10.2. The largest absolute Gasteiger partial charge is 0.383 e. The van der Waals surface area contributed by atoms with Crippen LogP contribution in [-0.4, -0.2) is 49.8 Å². The van der Waals surface area contributed by atoms with Crippen LogP contribution in [0.1, 0.15) is 5.56 Å². The van der Waals surface area contributed by atoms with E-state index in [1.54, 1.807) is 7.11 Å². The minimum Gasteiger partial charge on any atom is -0.383 e. The smallest absolute Gasteiger partial charge is 0.128 e. The average molecular weight is 267 g/mol. The molecule has 100 valence electrons. The van der Waals surface area contributed by atoms with Crippen LogP contribution in [0.5, 0.6) is 0 Å². The summed E-state index contributed by atoms with van der Waals surface area (Å²) in [7, 11) is 1.72. The highest BCUT2D eigenvalue weighted by Gasteiger charge is 2.11. The summed E-state index contributed by atoms with van der Waals surface area (Å²) in [6.45, 7) is 4.71. The van der Waals surface area contributed by atoms with E-state index in [1.807, 2.05) is 18.0 Å². The van der Waals surface area contributed by atoms with Gasteiger partial charge in [-0.25, -0.2) is 4.98 Å². The summed E-state index contributed by atoms with van der Waals surface area (Å²) in [4.78, 5) is 6.91. The lowest BCUT2D eigenvalue weighted by Crippen LogP contribution is -2.33. The van der Waals surface area contributed by atoms with Crippen molar-refractivity contribution < 1.29 is 4.74 Å². The van der Waals surface area contributed by atoms with Gasteiger partial charge < -0.3 is 15.0 Å². The molecule has 0 unspecified atom stereocenters. The Labute approximate surface area is 113 Å². The van der Waals surface area contributed by atoms with E-state index in [9.17, 15) is 0 Å². The molecule has 1 aliphatic rings. The molecule has 1 aromatic heterocycles. The number of rotatable bonds is 6. The maximum absolute atomic E-state index is 4.99. The van der Waals surface area contributed by atoms with Gasteiger partial charge in [0.25, 0.3) is 0 Å². The number of anilines is 1. The summed E-state index contributed by atoms with van der Waals surface area (Å²) < 4.78 is 4.99. The summed E-state index contributed by atoms with van der Waals surface area (Å²) >= 11 is 2.02. The number of thioether (sulfide) groups is 1. The predicted molar refractivity (Wildman–Crippen MR) is 77.4 cm³/mol. The molecule has 1 N–H and O–H groups in total. The Morgan fingerprint density at radius 1 is 1.39 bits per heavy atom. The lowest BCUT2D eigenvalue weighted by molar-refractivity contribution is 0.199. The number of hydrogen-bond donors (Lipinski definition) is 1. The molecule has 4 nitrogen and oxygen atoms in total. The van der Waals surface area contributed by atoms with Crippen LogP contribution in [-0.2, 0) is 11.3 Å². The maximum Gasteiger partial charge on any atom is 0.128 e. The zero-order valence-corrected chi connectivity index (χ0v) is 11.7. The van der Waals surface area contributed by atoms with Crippen LogP contribution in [0.4, 0.5) is 5.82 Å². The molecule has 0 saturated carbocycles. The molecule has 0 aliphatic carbocycles. The van der Waals surface area contributed by atoms with Crippen LogP contribution >= 0.6 is 11.8 Å². The molecule has 1 aliphatic heterocycles. The van der Waals surface area contributed by atoms with E-state index in [4.69, 9.17) is 4.74 Å². The average Bonchev–Trinajstić information content (AvgIpc) is 2.45. The molecule has 1 aromatic rings. The van der Waals surface area contributed by atoms with Gasteiger partial charge in [-0.05, 0) is 11.6 Å². The highest BCUT2D eigenvalue weighted by Crippen LogP contribution is 2.17. The fourth-order valence-corrected chi connectivity index (χ4v) is 2.81. The summed E-state index contributed by atoms with van der Waals surface area (Å²) in [5.41, 5.74) is 1.22. The van der Waals surface area contributed by atoms with Gasteiger partial charge in [0.2, 0.25) is 0 Å². The van der Waals surface area contributed by atoms with Gasteiger partial charge in [-0.2, -0.15) is 11.8 Å². The first kappa shape index (κ1) is 13.6. The molecule has 18 heavy (non-hydrogen) atoms. The molecule has 0 spiro atoms. The van der Waals surface area contributed by atoms with E-state index in [2.05, 4.69) is 27.3 Å². The van der Waals surface area contributed by atoms with E-state index in [0.29, 0.717) is 0 Å². The van der Waals surface area contributed by atoms with Gasteiger partial charge >= 0.3 is 0 Å². The molecule has 2 rings (SSSR count). The number of methoxy groups -OCH3 is 1. The van der Waals surface area contributed by atoms with Crippen LogP contribution < -0.4 is 10.2 Å². The van der Waals surface area contributed by atoms with E-state index in [-0.39, 0.29) is 0 Å². The highest BCUT2D eigenvalue weighted by atomic mass is 32.2. The molecule has 1 saturated heterocycles. The molecule has 5 heteroatoms. The summed E-state index contributed by atoms with van der Waals surface area (Å²) in [5, 5.41) is 3.32. The number of pyridine rings is 1. The Kier molecular flexibility index (Phi) is 5.77. The molecule has 0 amide bonds. The molecule has 0 radical (unpaired) electrons. The van der Waals surface area contributed by atoms with Crippen LogP contribution in [0.2, 0.25) is 0 Å². The van der Waals surface area contributed by atoms with Gasteiger partial charge in [0.1, 0.15) is 5.82 Å². The Morgan fingerprint density at radius 3 is 2.89 bits per heavy atom. The third-order valence-corrected chi connectivity index (χ3v) is 3.90. The zero-order chi connectivity index (χ0) is 12.6. The monoisotopic (exact) mass is 267 g/mol. The lowest BCUT2D eigenvalue weighted by Gasteiger charge is -2.27. The van der Waals surface area contributed by atoms with Crippen molar-refractivity contribution in [2.45, 2.75) is 6.54 Å². The molecule has 0 aromatic carbocycles. The second-order valence-corrected chi connectivity index (χ2v) is 5.52. The van der Waals surface area contributed by atoms with E-state index in [0.717, 1.165) is 38.6 Å². The van der Waals surface area contributed by atoms with Crippen LogP contribution in [0.25, 0.3) is 0 Å². The Bertz CT molecular complexity index is 339. The Morgan fingerprint density at radius 2 is 2.22 bits per heavy atom. The second-order valence-electron chi connectivity index (χ2n) is 4.29. The number of aromatic nitrogens is 1. The van der Waals surface area contributed by atoms with Crippen molar-refractivity contribution in [2.24, 2.45) is 0 Å². The van der Waals surface area contributed by atoms with E-state index >= 15 is 0 Å². The molecule has 0 atom stereocenters. The first-order chi connectivity index (χ1) is 8.90. The van der Waals surface area contributed by atoms with Crippen molar-refractivity contribution in [3.63, 3.8) is 0 Å². The maximum atomic E-state index is 4.99. The van der Waals surface area contributed by atoms with Crippen LogP contribution in [0, 0.1) is 0 Å². The first-order valence-electron chi connectivity index (χ1n) is 6.37. The standard InChI is InChI=1S/C13H21N3OS/c1-17-7-4-14-10-12-2-3-13(15-11-12)16-5-8-18-9-6-16/h2-3,11,14H,4-10H2,1H3. The molecule has 1 fully saturated rings. The highest BCUT2D eigenvalue weighted by molar-refractivity contribution is 7.99. The predicted octanol–water partition coefficient (Wildman–Crippen LogP) is 1.37. The van der Waals surface area contributed by atoms with Crippen molar-refractivity contribution in [1.29, 1.82) is 0 Å². The third-order valence-electron chi connectivity index (χ3n) is 2.96. The number of ether oxygens (including phenoxy) is 1. The second kappa shape index (κ2) is 7.61. The molecule has 2 heterocycles. The van der Waals surface area contributed by atoms with Gasteiger partial charge in [0.15, 0.2) is 0 Å². The molecule has 0 bridgehead atoms. The van der Waals surface area contributed by atoms with E-state index in [1.165, 1.54) is 17.1 Å². The van der Waals surface area contributed by atoms with E-state index < -0.39 is 0 Å². The number of nitrogens with one attached hydrogen (secondary N) is 1. The summed E-state index contributed by atoms with van der Waals surface area (Å²) in [5.74, 6) is 3.53. The van der Waals surface area contributed by atoms with Crippen LogP contribution in [0.3, 0.4) is 0 Å². The van der Waals surface area contributed by atoms with Crippen molar-refractivity contribution in [3.05, 3.63) is 23.9 Å². The molecular weight excluding hydrogens is 246 g/mol. The van der Waals surface area contributed by atoms with Gasteiger partial charge in [0, 0.05) is 51.0 Å². The topological polar surface area (TPSA) is 37.4 Å². The third kappa shape index (κ3) is 4.15. The fraction of sp³-hybridized carbons (Fsp3) is 0.615. The number of nitrogens with zero attached hydrogens (tertiary/aromatic N) is 2. The van der Waals surface area contributed by atoms with Crippen molar-refractivity contribution >= 4 is 17.6 Å². The Balaban J connectivity index is 1.81. The molecular formula is C13H21N3OS. The van der Waals surface area contributed by atoms with Crippen molar-refractivity contribution in [1.82, 2.24) is 10.3 Å². The van der Waals surface area contributed by atoms with Crippen molar-refractivity contribution in [2.75, 3.05) is 49.8 Å². The normalized spacial score (nSPS) is 15.9. The van der Waals surface area contributed by atoms with Crippen molar-refractivity contribution in [3.8, 4) is 0 Å². The first-order valence-corrected chi connectivity index (χ1v) is 7.53. The SMILES string of the molecule is COCCNCc1ccc(N2CCSCC2)nc1. The van der Waals surface area contributed by atoms with Crippen LogP contribution in [0.15, 0.2) is 18.3 Å². The fourth-order valence-electron chi connectivity index (χ4n) is 1.91. The Hall–Kier alpha value is -0.780. The summed E-state index contributed by atoms with van der Waals surface area (Å²) in [6, 6.07) is 4.28. The summed E-state index contributed by atoms with van der Waals surface area (Å²) in [6.07, 6.45) is 1.97. The van der Waals surface area contributed by atoms with Gasteiger partial charge in [-0.3, -0.25) is 0 Å². The zero-order valence-electron chi connectivity index (χ0n) is 10.9. The number of hydrogen-bond acceptors (Lipinski definition) is 5.